The highest BCUT2D eigenvalue weighted by atomic mass is 16.5. The van der Waals surface area contributed by atoms with Crippen LogP contribution in [0.4, 0.5) is 5.69 Å². The molecule has 0 radical (unpaired) electrons. The number of benzene rings is 2. The molecule has 0 aliphatic heterocycles. The maximum absolute atomic E-state index is 12.1. The number of ether oxygens (including phenoxy) is 2. The molecule has 24 heavy (non-hydrogen) atoms. The van der Waals surface area contributed by atoms with Gasteiger partial charge in [-0.25, -0.2) is 0 Å². The molecule has 0 spiro atoms. The fraction of sp³-hybridized carbons (Fsp3) is 0.158. The Bertz CT molecular complexity index is 826. The maximum Gasteiger partial charge on any atom is 0.227 e. The summed E-state index contributed by atoms with van der Waals surface area (Å²) in [6.45, 7) is 0.307. The van der Waals surface area contributed by atoms with E-state index in [4.69, 9.17) is 9.47 Å². The summed E-state index contributed by atoms with van der Waals surface area (Å²) in [6.07, 6.45) is 2.00. The average molecular weight is 322 g/mol. The van der Waals surface area contributed by atoms with Crippen LogP contribution in [0, 0.1) is 0 Å². The second-order valence-electron chi connectivity index (χ2n) is 5.20. The van der Waals surface area contributed by atoms with Gasteiger partial charge < -0.3 is 14.8 Å². The number of aromatic nitrogens is 1. The zero-order valence-electron chi connectivity index (χ0n) is 13.4. The lowest BCUT2D eigenvalue weighted by Gasteiger charge is -2.09. The first-order valence-electron chi connectivity index (χ1n) is 7.67. The molecule has 1 amide bonds. The van der Waals surface area contributed by atoms with E-state index in [1.54, 1.807) is 13.3 Å². The van der Waals surface area contributed by atoms with E-state index in [0.717, 1.165) is 22.3 Å². The minimum absolute atomic E-state index is 0.0973. The summed E-state index contributed by atoms with van der Waals surface area (Å²) in [5.41, 5.74) is 1.61. The molecule has 3 aromatic rings. The van der Waals surface area contributed by atoms with Crippen molar-refractivity contribution in [3.05, 3.63) is 60.8 Å². The summed E-state index contributed by atoms with van der Waals surface area (Å²) in [5, 5.41) is 3.83. The van der Waals surface area contributed by atoms with Crippen molar-refractivity contribution in [1.82, 2.24) is 4.98 Å². The van der Waals surface area contributed by atoms with Crippen LogP contribution >= 0.6 is 0 Å². The fourth-order valence-electron chi connectivity index (χ4n) is 2.36. The van der Waals surface area contributed by atoms with Crippen molar-refractivity contribution in [2.75, 3.05) is 19.0 Å². The summed E-state index contributed by atoms with van der Waals surface area (Å²) < 4.78 is 10.7. The van der Waals surface area contributed by atoms with Gasteiger partial charge >= 0.3 is 0 Å². The molecule has 0 saturated heterocycles. The molecule has 0 bridgehead atoms. The Hall–Kier alpha value is -3.08. The molecule has 0 saturated carbocycles. The number of carbonyl (C=O) groups is 1. The van der Waals surface area contributed by atoms with E-state index in [2.05, 4.69) is 10.3 Å². The van der Waals surface area contributed by atoms with E-state index in [1.165, 1.54) is 0 Å². The molecule has 1 N–H and O–H groups in total. The standard InChI is InChI=1S/C19H18N2O3/c1-23-14-7-9-15(10-8-14)24-13-11-19(22)21-18-6-2-5-17-16(18)4-3-12-20-17/h2-10,12H,11,13H2,1H3,(H,21,22). The first-order valence-corrected chi connectivity index (χ1v) is 7.67. The average Bonchev–Trinajstić information content (AvgIpc) is 2.63. The lowest BCUT2D eigenvalue weighted by atomic mass is 10.2. The van der Waals surface area contributed by atoms with Gasteiger partial charge in [0.2, 0.25) is 5.91 Å². The SMILES string of the molecule is COc1ccc(OCCC(=O)Nc2cccc3ncccc23)cc1. The highest BCUT2D eigenvalue weighted by Crippen LogP contribution is 2.21. The van der Waals surface area contributed by atoms with Crippen molar-refractivity contribution >= 4 is 22.5 Å². The van der Waals surface area contributed by atoms with Crippen LogP contribution in [0.5, 0.6) is 11.5 Å². The molecular weight excluding hydrogens is 304 g/mol. The van der Waals surface area contributed by atoms with E-state index in [9.17, 15) is 4.79 Å². The van der Waals surface area contributed by atoms with Crippen LogP contribution in [0.15, 0.2) is 60.8 Å². The van der Waals surface area contributed by atoms with Crippen LogP contribution in [0.3, 0.4) is 0 Å². The largest absolute Gasteiger partial charge is 0.497 e. The van der Waals surface area contributed by atoms with Gasteiger partial charge in [0.1, 0.15) is 11.5 Å². The van der Waals surface area contributed by atoms with Gasteiger partial charge in [-0.3, -0.25) is 9.78 Å². The molecule has 0 fully saturated rings. The minimum atomic E-state index is -0.0973. The number of anilines is 1. The second-order valence-corrected chi connectivity index (χ2v) is 5.20. The first kappa shape index (κ1) is 15.8. The maximum atomic E-state index is 12.1. The van der Waals surface area contributed by atoms with Crippen LogP contribution in [0.2, 0.25) is 0 Å². The molecule has 0 unspecified atom stereocenters. The van der Waals surface area contributed by atoms with Gasteiger partial charge in [-0.15, -0.1) is 0 Å². The molecule has 1 heterocycles. The Labute approximate surface area is 140 Å². The van der Waals surface area contributed by atoms with Crippen molar-refractivity contribution in [2.45, 2.75) is 6.42 Å². The number of carbonyl (C=O) groups excluding carboxylic acids is 1. The van der Waals surface area contributed by atoms with Gasteiger partial charge in [0.05, 0.1) is 31.3 Å². The van der Waals surface area contributed by atoms with Crippen LogP contribution in [-0.2, 0) is 4.79 Å². The summed E-state index contributed by atoms with van der Waals surface area (Å²) in [4.78, 5) is 16.4. The number of methoxy groups -OCH3 is 1. The van der Waals surface area contributed by atoms with Crippen molar-refractivity contribution < 1.29 is 14.3 Å². The highest BCUT2D eigenvalue weighted by molar-refractivity contribution is 6.00. The number of rotatable bonds is 6. The summed E-state index contributed by atoms with van der Waals surface area (Å²) >= 11 is 0. The van der Waals surface area contributed by atoms with E-state index >= 15 is 0 Å². The van der Waals surface area contributed by atoms with Crippen molar-refractivity contribution in [3.8, 4) is 11.5 Å². The van der Waals surface area contributed by atoms with E-state index in [0.29, 0.717) is 12.4 Å². The number of hydrogen-bond acceptors (Lipinski definition) is 4. The van der Waals surface area contributed by atoms with Crippen LogP contribution < -0.4 is 14.8 Å². The predicted molar refractivity (Wildman–Crippen MR) is 93.5 cm³/mol. The van der Waals surface area contributed by atoms with Crippen LogP contribution in [0.25, 0.3) is 10.9 Å². The van der Waals surface area contributed by atoms with Crippen LogP contribution in [0.1, 0.15) is 6.42 Å². The quantitative estimate of drug-likeness (QED) is 0.752. The lowest BCUT2D eigenvalue weighted by Crippen LogP contribution is -2.15. The van der Waals surface area contributed by atoms with Crippen molar-refractivity contribution in [2.24, 2.45) is 0 Å². The minimum Gasteiger partial charge on any atom is -0.497 e. The Morgan fingerprint density at radius 3 is 2.62 bits per heavy atom. The monoisotopic (exact) mass is 322 g/mol. The molecule has 2 aromatic carbocycles. The molecule has 0 atom stereocenters. The second kappa shape index (κ2) is 7.46. The Morgan fingerprint density at radius 2 is 1.83 bits per heavy atom. The number of amides is 1. The van der Waals surface area contributed by atoms with Crippen molar-refractivity contribution in [1.29, 1.82) is 0 Å². The Morgan fingerprint density at radius 1 is 1.04 bits per heavy atom. The number of pyridine rings is 1. The summed E-state index contributed by atoms with van der Waals surface area (Å²) in [6, 6.07) is 16.7. The van der Waals surface area contributed by atoms with E-state index in [-0.39, 0.29) is 12.3 Å². The van der Waals surface area contributed by atoms with Gasteiger partial charge in [0.15, 0.2) is 0 Å². The molecule has 5 nitrogen and oxygen atoms in total. The zero-order valence-corrected chi connectivity index (χ0v) is 13.4. The molecule has 0 aliphatic carbocycles. The third-order valence-electron chi connectivity index (χ3n) is 3.58. The number of nitrogens with zero attached hydrogens (tertiary/aromatic N) is 1. The van der Waals surface area contributed by atoms with Gasteiger partial charge in [-0.1, -0.05) is 6.07 Å². The van der Waals surface area contributed by atoms with Gasteiger partial charge in [0.25, 0.3) is 0 Å². The van der Waals surface area contributed by atoms with Gasteiger partial charge in [-0.05, 0) is 48.5 Å². The van der Waals surface area contributed by atoms with Gasteiger partial charge in [-0.2, -0.15) is 0 Å². The Kier molecular flexibility index (Phi) is 4.91. The van der Waals surface area contributed by atoms with E-state index in [1.807, 2.05) is 54.6 Å². The highest BCUT2D eigenvalue weighted by Gasteiger charge is 2.06. The fourth-order valence-corrected chi connectivity index (χ4v) is 2.36. The molecule has 0 aliphatic rings. The number of fused-ring (bicyclic) bond motifs is 1. The molecule has 1 aromatic heterocycles. The molecule has 5 heteroatoms. The normalized spacial score (nSPS) is 10.4. The van der Waals surface area contributed by atoms with Crippen molar-refractivity contribution in [3.63, 3.8) is 0 Å². The topological polar surface area (TPSA) is 60.5 Å². The third kappa shape index (κ3) is 3.81. The first-order chi connectivity index (χ1) is 11.8. The van der Waals surface area contributed by atoms with Gasteiger partial charge in [0, 0.05) is 11.6 Å². The number of nitrogens with one attached hydrogen (secondary N) is 1. The Balaban J connectivity index is 1.55. The third-order valence-corrected chi connectivity index (χ3v) is 3.58. The lowest BCUT2D eigenvalue weighted by molar-refractivity contribution is -0.116. The molecule has 3 rings (SSSR count). The molecular formula is C19H18N2O3. The summed E-state index contributed by atoms with van der Waals surface area (Å²) in [5.74, 6) is 1.38. The predicted octanol–water partition coefficient (Wildman–Crippen LogP) is 3.65. The van der Waals surface area contributed by atoms with E-state index < -0.39 is 0 Å². The molecule has 122 valence electrons. The number of hydrogen-bond donors (Lipinski definition) is 1. The zero-order chi connectivity index (χ0) is 16.8. The summed E-state index contributed by atoms with van der Waals surface area (Å²) in [7, 11) is 1.61. The smallest absolute Gasteiger partial charge is 0.227 e. The van der Waals surface area contributed by atoms with Crippen LogP contribution in [-0.4, -0.2) is 24.6 Å².